The van der Waals surface area contributed by atoms with Crippen LogP contribution in [0.1, 0.15) is 71.1 Å². The van der Waals surface area contributed by atoms with Crippen LogP contribution in [0.4, 0.5) is 0 Å². The van der Waals surface area contributed by atoms with Crippen molar-refractivity contribution >= 4 is 44.6 Å². The van der Waals surface area contributed by atoms with E-state index in [0.717, 1.165) is 32.8 Å². The molecule has 1 saturated carbocycles. The first-order valence-corrected chi connectivity index (χ1v) is 14.6. The zero-order valence-corrected chi connectivity index (χ0v) is 24.0. The van der Waals surface area contributed by atoms with E-state index >= 15 is 0 Å². The van der Waals surface area contributed by atoms with Gasteiger partial charge in [0.25, 0.3) is 0 Å². The van der Waals surface area contributed by atoms with Gasteiger partial charge in [0.05, 0.1) is 22.6 Å². The molecule has 1 fully saturated rings. The number of carbonyl (C=O) groups is 2. The maximum Gasteiger partial charge on any atom is 0.145 e. The molecule has 4 nitrogen and oxygen atoms in total. The highest BCUT2D eigenvalue weighted by Gasteiger charge is 2.52. The van der Waals surface area contributed by atoms with Crippen molar-refractivity contribution < 1.29 is 19.8 Å². The van der Waals surface area contributed by atoms with E-state index in [1.807, 2.05) is 42.5 Å². The molecule has 0 unspecified atom stereocenters. The Kier molecular flexibility index (Phi) is 10.7. The van der Waals surface area contributed by atoms with E-state index in [0.29, 0.717) is 43.8 Å². The molecule has 37 heavy (non-hydrogen) atoms. The minimum atomic E-state index is -0.827. The summed E-state index contributed by atoms with van der Waals surface area (Å²) in [6.07, 6.45) is 10.7. The Bertz CT molecular complexity index is 1130. The number of carbonyl (C=O) groups excluding carboxylic acids is 2. The van der Waals surface area contributed by atoms with Crippen molar-refractivity contribution in [3.8, 4) is 0 Å². The molecule has 1 aliphatic carbocycles. The fourth-order valence-corrected chi connectivity index (χ4v) is 6.74. The fourth-order valence-electron chi connectivity index (χ4n) is 5.20. The molecule has 4 atom stereocenters. The summed E-state index contributed by atoms with van der Waals surface area (Å²) in [4.78, 5) is 26.0. The number of benzene rings is 1. The summed E-state index contributed by atoms with van der Waals surface area (Å²) in [7, 11) is 0. The number of hydrogen-bond donors (Lipinski definition) is 2. The van der Waals surface area contributed by atoms with Gasteiger partial charge in [0.2, 0.25) is 0 Å². The predicted molar refractivity (Wildman–Crippen MR) is 154 cm³/mol. The molecular weight excluding hydrogens is 504 g/mol. The van der Waals surface area contributed by atoms with Crippen LogP contribution in [-0.4, -0.2) is 34.0 Å². The van der Waals surface area contributed by atoms with E-state index in [1.165, 1.54) is 0 Å². The maximum atomic E-state index is 13.1. The first-order chi connectivity index (χ1) is 17.5. The largest absolute Gasteiger partial charge is 0.391 e. The lowest BCUT2D eigenvalue weighted by Crippen LogP contribution is -2.31. The lowest BCUT2D eigenvalue weighted by Gasteiger charge is -2.22. The molecule has 0 spiro atoms. The van der Waals surface area contributed by atoms with Gasteiger partial charge in [-0.25, -0.2) is 0 Å². The van der Waals surface area contributed by atoms with E-state index < -0.39 is 17.6 Å². The summed E-state index contributed by atoms with van der Waals surface area (Å²) in [6, 6.07) is 8.02. The first kappa shape index (κ1) is 29.8. The molecule has 1 aromatic heterocycles. The number of unbranched alkanes of at least 4 members (excludes halogenated alkanes) is 1. The zero-order valence-electron chi connectivity index (χ0n) is 22.5. The average molecular weight is 545 g/mol. The van der Waals surface area contributed by atoms with Crippen LogP contribution in [0, 0.1) is 23.2 Å². The van der Waals surface area contributed by atoms with Crippen molar-refractivity contribution in [1.29, 1.82) is 0 Å². The van der Waals surface area contributed by atoms with Gasteiger partial charge in [0.1, 0.15) is 11.6 Å². The maximum absolute atomic E-state index is 13.1. The minimum Gasteiger partial charge on any atom is -0.391 e. The Morgan fingerprint density at radius 2 is 1.95 bits per heavy atom. The number of halogens is 1. The second-order valence-electron chi connectivity index (χ2n) is 11.3. The number of allylic oxidation sites excluding steroid dienone is 2. The number of hydrogen-bond acceptors (Lipinski definition) is 5. The van der Waals surface area contributed by atoms with Gasteiger partial charge in [0.15, 0.2) is 0 Å². The Balaban J connectivity index is 1.55. The molecule has 2 N–H and O–H groups in total. The van der Waals surface area contributed by atoms with E-state index in [1.54, 1.807) is 31.3 Å². The van der Waals surface area contributed by atoms with Gasteiger partial charge in [-0.15, -0.1) is 11.3 Å². The first-order valence-electron chi connectivity index (χ1n) is 13.4. The van der Waals surface area contributed by atoms with Crippen molar-refractivity contribution in [1.82, 2.24) is 0 Å². The minimum absolute atomic E-state index is 0.0537. The topological polar surface area (TPSA) is 74.6 Å². The molecule has 0 saturated heterocycles. The highest BCUT2D eigenvalue weighted by atomic mass is 35.5. The summed E-state index contributed by atoms with van der Waals surface area (Å²) < 4.78 is 1.14. The van der Waals surface area contributed by atoms with Crippen LogP contribution >= 0.6 is 22.9 Å². The lowest BCUT2D eigenvalue weighted by molar-refractivity contribution is -0.129. The predicted octanol–water partition coefficient (Wildman–Crippen LogP) is 7.34. The molecular formula is C31H41ClO4S. The van der Waals surface area contributed by atoms with Crippen LogP contribution in [0.2, 0.25) is 5.02 Å². The van der Waals surface area contributed by atoms with Crippen LogP contribution in [-0.2, 0) is 16.0 Å². The Hall–Kier alpha value is -1.79. The number of fused-ring (bicyclic) bond motifs is 1. The molecule has 0 bridgehead atoms. The van der Waals surface area contributed by atoms with E-state index in [-0.39, 0.29) is 17.6 Å². The molecule has 0 aliphatic heterocycles. The highest BCUT2D eigenvalue weighted by Crippen LogP contribution is 2.45. The Labute approximate surface area is 230 Å². The van der Waals surface area contributed by atoms with Crippen molar-refractivity contribution in [3.63, 3.8) is 0 Å². The monoisotopic (exact) mass is 544 g/mol. The third-order valence-electron chi connectivity index (χ3n) is 7.38. The molecule has 202 valence electrons. The number of ketones is 2. The summed E-state index contributed by atoms with van der Waals surface area (Å²) in [5.41, 5.74) is -0.827. The van der Waals surface area contributed by atoms with Crippen molar-refractivity contribution in [2.24, 2.45) is 23.2 Å². The van der Waals surface area contributed by atoms with Crippen LogP contribution < -0.4 is 0 Å². The van der Waals surface area contributed by atoms with Gasteiger partial charge in [0, 0.05) is 39.6 Å². The van der Waals surface area contributed by atoms with Crippen LogP contribution in [0.25, 0.3) is 10.1 Å². The SMILES string of the molecule is CC(C)CC(=O)CCCC=CC[C@H]1C(=O)C(C)(C)[C@@H](O)[C@@H]1C=C[C@H](O)CCc1sc2ccccc2c1Cl. The fraction of sp³-hybridized carbons (Fsp3) is 0.548. The average Bonchev–Trinajstić information content (AvgIpc) is 3.25. The van der Waals surface area contributed by atoms with Gasteiger partial charge < -0.3 is 10.2 Å². The summed E-state index contributed by atoms with van der Waals surface area (Å²) in [5.74, 6) is 0.0746. The summed E-state index contributed by atoms with van der Waals surface area (Å²) in [5, 5.41) is 23.4. The third kappa shape index (κ3) is 7.63. The van der Waals surface area contributed by atoms with Gasteiger partial charge >= 0.3 is 0 Å². The van der Waals surface area contributed by atoms with Crippen LogP contribution in [0.3, 0.4) is 0 Å². The molecule has 0 amide bonds. The smallest absolute Gasteiger partial charge is 0.145 e. The molecule has 1 aliphatic rings. The van der Waals surface area contributed by atoms with Crippen molar-refractivity contribution in [2.45, 2.75) is 84.8 Å². The summed E-state index contributed by atoms with van der Waals surface area (Å²) in [6.45, 7) is 7.70. The quantitative estimate of drug-likeness (QED) is 0.204. The molecule has 1 aromatic carbocycles. The van der Waals surface area contributed by atoms with Gasteiger partial charge in [-0.05, 0) is 44.1 Å². The van der Waals surface area contributed by atoms with Gasteiger partial charge in [-0.1, -0.05) is 81.8 Å². The Morgan fingerprint density at radius 1 is 1.22 bits per heavy atom. The molecule has 1 heterocycles. The number of Topliss-reactive ketones (excluding diaryl/α,β-unsaturated/α-hetero) is 2. The van der Waals surface area contributed by atoms with E-state index in [4.69, 9.17) is 11.6 Å². The standard InChI is InChI=1S/C31H41ClO4S/c1-20(2)19-22(34)11-7-5-6-8-12-23-24(30(36)31(3,4)29(23)35)17-15-21(33)16-18-27-28(32)25-13-9-10-14-26(25)37-27/h6,8-10,13-15,17,20-21,23-24,30,33,36H,5,7,11-12,16,18-19H2,1-4H3/t21-,23+,24+,30-/m0/s1. The molecule has 6 heteroatoms. The second-order valence-corrected chi connectivity index (χ2v) is 12.8. The van der Waals surface area contributed by atoms with Crippen LogP contribution in [0.5, 0.6) is 0 Å². The third-order valence-corrected chi connectivity index (χ3v) is 9.16. The lowest BCUT2D eigenvalue weighted by atomic mass is 9.86. The second kappa shape index (κ2) is 13.3. The van der Waals surface area contributed by atoms with Gasteiger partial charge in [-0.2, -0.15) is 0 Å². The Morgan fingerprint density at radius 3 is 2.65 bits per heavy atom. The molecule has 3 rings (SSSR count). The van der Waals surface area contributed by atoms with Gasteiger partial charge in [-0.3, -0.25) is 9.59 Å². The number of rotatable bonds is 13. The summed E-state index contributed by atoms with van der Waals surface area (Å²) >= 11 is 8.19. The molecule has 2 aromatic rings. The zero-order chi connectivity index (χ0) is 27.2. The number of aliphatic hydroxyl groups is 2. The number of thiophene rings is 1. The van der Waals surface area contributed by atoms with E-state index in [2.05, 4.69) is 13.8 Å². The normalized spacial score (nSPS) is 22.7. The number of aryl methyl sites for hydroxylation is 1. The molecule has 0 radical (unpaired) electrons. The van der Waals surface area contributed by atoms with Crippen molar-refractivity contribution in [3.05, 3.63) is 58.5 Å². The highest BCUT2D eigenvalue weighted by molar-refractivity contribution is 7.19. The number of aliphatic hydroxyl groups excluding tert-OH is 2. The van der Waals surface area contributed by atoms with Crippen LogP contribution in [0.15, 0.2) is 48.6 Å². The van der Waals surface area contributed by atoms with E-state index in [9.17, 15) is 19.8 Å². The van der Waals surface area contributed by atoms with Crippen molar-refractivity contribution in [2.75, 3.05) is 0 Å².